The van der Waals surface area contributed by atoms with E-state index in [1.165, 1.54) is 0 Å². The SMILES string of the molecule is Cc1ccccc1C(=O)NC(C(=O)NCC(=O)Nc1ccc(F)c(F)c1F)C(C)C. The summed E-state index contributed by atoms with van der Waals surface area (Å²) in [7, 11) is 0. The highest BCUT2D eigenvalue weighted by atomic mass is 19.2. The van der Waals surface area contributed by atoms with E-state index in [4.69, 9.17) is 0 Å². The van der Waals surface area contributed by atoms with E-state index in [1.54, 1.807) is 45.0 Å². The first-order valence-corrected chi connectivity index (χ1v) is 9.19. The Balaban J connectivity index is 1.98. The summed E-state index contributed by atoms with van der Waals surface area (Å²) < 4.78 is 39.8. The summed E-state index contributed by atoms with van der Waals surface area (Å²) in [6, 6.07) is 7.49. The van der Waals surface area contributed by atoms with Gasteiger partial charge in [-0.05, 0) is 36.6 Å². The van der Waals surface area contributed by atoms with Gasteiger partial charge in [0.05, 0.1) is 12.2 Å². The second-order valence-electron chi connectivity index (χ2n) is 7.00. The summed E-state index contributed by atoms with van der Waals surface area (Å²) in [5, 5.41) is 7.03. The highest BCUT2D eigenvalue weighted by Gasteiger charge is 2.25. The van der Waals surface area contributed by atoms with Gasteiger partial charge in [-0.3, -0.25) is 14.4 Å². The first-order valence-electron chi connectivity index (χ1n) is 9.19. The molecule has 1 unspecified atom stereocenters. The molecule has 9 heteroatoms. The van der Waals surface area contributed by atoms with Crippen LogP contribution >= 0.6 is 0 Å². The molecule has 0 aliphatic rings. The molecule has 0 spiro atoms. The van der Waals surface area contributed by atoms with Crippen molar-refractivity contribution < 1.29 is 27.6 Å². The van der Waals surface area contributed by atoms with Crippen LogP contribution in [0.3, 0.4) is 0 Å². The van der Waals surface area contributed by atoms with Crippen molar-refractivity contribution in [3.8, 4) is 0 Å². The van der Waals surface area contributed by atoms with Crippen LogP contribution in [0.2, 0.25) is 0 Å². The number of carbonyl (C=O) groups is 3. The molecule has 3 N–H and O–H groups in total. The summed E-state index contributed by atoms with van der Waals surface area (Å²) in [4.78, 5) is 36.9. The molecular formula is C21H22F3N3O3. The van der Waals surface area contributed by atoms with Crippen molar-refractivity contribution in [3.05, 3.63) is 65.0 Å². The van der Waals surface area contributed by atoms with Crippen LogP contribution in [0.1, 0.15) is 29.8 Å². The molecule has 0 fully saturated rings. The zero-order chi connectivity index (χ0) is 22.4. The van der Waals surface area contributed by atoms with Gasteiger partial charge in [0.1, 0.15) is 6.04 Å². The number of hydrogen-bond acceptors (Lipinski definition) is 3. The van der Waals surface area contributed by atoms with E-state index >= 15 is 0 Å². The van der Waals surface area contributed by atoms with E-state index in [0.29, 0.717) is 11.6 Å². The Morgan fingerprint density at radius 2 is 1.63 bits per heavy atom. The zero-order valence-electron chi connectivity index (χ0n) is 16.7. The first-order chi connectivity index (χ1) is 14.1. The lowest BCUT2D eigenvalue weighted by Crippen LogP contribution is -2.51. The van der Waals surface area contributed by atoms with Gasteiger partial charge in [0.25, 0.3) is 5.91 Å². The molecule has 0 aromatic heterocycles. The number of amides is 3. The second-order valence-corrected chi connectivity index (χ2v) is 7.00. The van der Waals surface area contributed by atoms with Crippen molar-refractivity contribution in [2.45, 2.75) is 26.8 Å². The zero-order valence-corrected chi connectivity index (χ0v) is 16.7. The molecule has 6 nitrogen and oxygen atoms in total. The average molecular weight is 421 g/mol. The molecular weight excluding hydrogens is 399 g/mol. The average Bonchev–Trinajstić information content (AvgIpc) is 2.70. The highest BCUT2D eigenvalue weighted by molar-refractivity contribution is 6.00. The van der Waals surface area contributed by atoms with Crippen LogP contribution in [0.5, 0.6) is 0 Å². The molecule has 0 heterocycles. The van der Waals surface area contributed by atoms with Gasteiger partial charge in [-0.15, -0.1) is 0 Å². The van der Waals surface area contributed by atoms with Gasteiger partial charge >= 0.3 is 0 Å². The molecule has 0 radical (unpaired) electrons. The Kier molecular flexibility index (Phi) is 7.57. The lowest BCUT2D eigenvalue weighted by Gasteiger charge is -2.22. The van der Waals surface area contributed by atoms with Crippen molar-refractivity contribution in [1.82, 2.24) is 10.6 Å². The molecule has 2 aromatic carbocycles. The van der Waals surface area contributed by atoms with Gasteiger partial charge in [-0.2, -0.15) is 0 Å². The number of anilines is 1. The standard InChI is InChI=1S/C21H22F3N3O3/c1-11(2)19(27-20(29)13-7-5-4-6-12(13)3)21(30)25-10-16(28)26-15-9-8-14(22)17(23)18(15)24/h4-9,11,19H,10H2,1-3H3,(H,25,30)(H,26,28)(H,27,29). The quantitative estimate of drug-likeness (QED) is 0.601. The fourth-order valence-electron chi connectivity index (χ4n) is 2.68. The fourth-order valence-corrected chi connectivity index (χ4v) is 2.68. The molecule has 3 amide bonds. The van der Waals surface area contributed by atoms with Crippen LogP contribution in [0.4, 0.5) is 18.9 Å². The maximum atomic E-state index is 13.6. The van der Waals surface area contributed by atoms with Crippen molar-refractivity contribution >= 4 is 23.4 Å². The predicted octanol–water partition coefficient (Wildman–Crippen LogP) is 2.92. The van der Waals surface area contributed by atoms with Gasteiger partial charge in [-0.1, -0.05) is 32.0 Å². The number of aryl methyl sites for hydroxylation is 1. The maximum absolute atomic E-state index is 13.6. The normalized spacial score (nSPS) is 11.7. The van der Waals surface area contributed by atoms with Crippen LogP contribution in [0.15, 0.2) is 36.4 Å². The summed E-state index contributed by atoms with van der Waals surface area (Å²) in [5.74, 6) is -6.83. The number of hydrogen-bond donors (Lipinski definition) is 3. The minimum atomic E-state index is -1.71. The Labute approximate surface area is 171 Å². The van der Waals surface area contributed by atoms with Gasteiger partial charge in [0, 0.05) is 5.56 Å². The Morgan fingerprint density at radius 1 is 0.967 bits per heavy atom. The van der Waals surface area contributed by atoms with Crippen LogP contribution in [0, 0.1) is 30.3 Å². The fraction of sp³-hybridized carbons (Fsp3) is 0.286. The lowest BCUT2D eigenvalue weighted by atomic mass is 10.0. The summed E-state index contributed by atoms with van der Waals surface area (Å²) in [6.45, 7) is 4.65. The summed E-state index contributed by atoms with van der Waals surface area (Å²) in [5.41, 5.74) is 0.606. The second kappa shape index (κ2) is 9.91. The number of benzene rings is 2. The number of halogens is 3. The van der Waals surface area contributed by atoms with Gasteiger partial charge < -0.3 is 16.0 Å². The van der Waals surface area contributed by atoms with Gasteiger partial charge in [0.2, 0.25) is 11.8 Å². The topological polar surface area (TPSA) is 87.3 Å². The third kappa shape index (κ3) is 5.59. The van der Waals surface area contributed by atoms with Crippen molar-refractivity contribution in [3.63, 3.8) is 0 Å². The molecule has 1 atom stereocenters. The molecule has 160 valence electrons. The van der Waals surface area contributed by atoms with Crippen LogP contribution < -0.4 is 16.0 Å². The summed E-state index contributed by atoms with van der Waals surface area (Å²) in [6.07, 6.45) is 0. The van der Waals surface area contributed by atoms with E-state index in [-0.39, 0.29) is 5.92 Å². The smallest absolute Gasteiger partial charge is 0.252 e. The first kappa shape index (κ1) is 22.9. The van der Waals surface area contributed by atoms with Gasteiger partial charge in [-0.25, -0.2) is 13.2 Å². The van der Waals surface area contributed by atoms with Crippen LogP contribution in [-0.2, 0) is 9.59 Å². The van der Waals surface area contributed by atoms with E-state index in [1.807, 2.05) is 0 Å². The lowest BCUT2D eigenvalue weighted by molar-refractivity contribution is -0.126. The predicted molar refractivity (Wildman–Crippen MR) is 105 cm³/mol. The molecule has 0 saturated heterocycles. The molecule has 0 aliphatic carbocycles. The van der Waals surface area contributed by atoms with Crippen molar-refractivity contribution in [2.24, 2.45) is 5.92 Å². The van der Waals surface area contributed by atoms with Gasteiger partial charge in [0.15, 0.2) is 17.5 Å². The van der Waals surface area contributed by atoms with Crippen LogP contribution in [-0.4, -0.2) is 30.3 Å². The molecule has 0 bridgehead atoms. The van der Waals surface area contributed by atoms with Crippen LogP contribution in [0.25, 0.3) is 0 Å². The molecule has 0 aliphatic heterocycles. The third-order valence-electron chi connectivity index (χ3n) is 4.36. The molecule has 30 heavy (non-hydrogen) atoms. The number of carbonyl (C=O) groups excluding carboxylic acids is 3. The number of nitrogens with one attached hydrogen (secondary N) is 3. The monoisotopic (exact) mass is 421 g/mol. The molecule has 2 rings (SSSR count). The Morgan fingerprint density at radius 3 is 2.27 bits per heavy atom. The maximum Gasteiger partial charge on any atom is 0.252 e. The van der Waals surface area contributed by atoms with E-state index in [2.05, 4.69) is 16.0 Å². The minimum absolute atomic E-state index is 0.287. The Hall–Kier alpha value is -3.36. The molecule has 0 saturated carbocycles. The Bertz CT molecular complexity index is 964. The minimum Gasteiger partial charge on any atom is -0.345 e. The van der Waals surface area contributed by atoms with E-state index in [9.17, 15) is 27.6 Å². The number of rotatable bonds is 7. The largest absolute Gasteiger partial charge is 0.345 e. The van der Waals surface area contributed by atoms with Crippen molar-refractivity contribution in [1.29, 1.82) is 0 Å². The third-order valence-corrected chi connectivity index (χ3v) is 4.36. The summed E-state index contributed by atoms with van der Waals surface area (Å²) >= 11 is 0. The van der Waals surface area contributed by atoms with E-state index < -0.39 is 53.4 Å². The van der Waals surface area contributed by atoms with Crippen molar-refractivity contribution in [2.75, 3.05) is 11.9 Å². The van der Waals surface area contributed by atoms with E-state index in [0.717, 1.165) is 11.6 Å². The molecule has 2 aromatic rings. The highest BCUT2D eigenvalue weighted by Crippen LogP contribution is 2.19.